The molecule has 0 atom stereocenters. The first-order valence-corrected chi connectivity index (χ1v) is 10.7. The van der Waals surface area contributed by atoms with Gasteiger partial charge in [0.05, 0.1) is 13.2 Å². The maximum absolute atomic E-state index is 5.18. The zero-order valence-corrected chi connectivity index (χ0v) is 17.7. The van der Waals surface area contributed by atoms with E-state index in [1.54, 1.807) is 7.11 Å². The van der Waals surface area contributed by atoms with Gasteiger partial charge in [-0.15, -0.1) is 11.3 Å². The molecule has 0 spiro atoms. The Bertz CT molecular complexity index is 522. The number of thiophene rings is 1. The summed E-state index contributed by atoms with van der Waals surface area (Å²) < 4.78 is 5.18. The lowest BCUT2D eigenvalue weighted by Gasteiger charge is -2.32. The maximum atomic E-state index is 5.18. The van der Waals surface area contributed by atoms with E-state index in [4.69, 9.17) is 9.73 Å². The van der Waals surface area contributed by atoms with Gasteiger partial charge in [0.25, 0.3) is 0 Å². The van der Waals surface area contributed by atoms with Crippen LogP contribution in [0.15, 0.2) is 22.5 Å². The highest BCUT2D eigenvalue weighted by Gasteiger charge is 2.22. The first-order valence-electron chi connectivity index (χ1n) is 9.82. The van der Waals surface area contributed by atoms with Gasteiger partial charge in [0.2, 0.25) is 0 Å². The molecule has 26 heavy (non-hydrogen) atoms. The van der Waals surface area contributed by atoms with Gasteiger partial charge in [-0.3, -0.25) is 4.99 Å². The van der Waals surface area contributed by atoms with Crippen molar-refractivity contribution in [3.05, 3.63) is 22.4 Å². The second-order valence-electron chi connectivity index (χ2n) is 7.72. The number of ether oxygens (including phenoxy) is 1. The van der Waals surface area contributed by atoms with Crippen LogP contribution in [0, 0.1) is 5.92 Å². The molecule has 1 aliphatic rings. The highest BCUT2D eigenvalue weighted by molar-refractivity contribution is 7.10. The predicted molar refractivity (Wildman–Crippen MR) is 112 cm³/mol. The highest BCUT2D eigenvalue weighted by Crippen LogP contribution is 2.27. The molecule has 0 bridgehead atoms. The summed E-state index contributed by atoms with van der Waals surface area (Å²) in [4.78, 5) is 8.75. The van der Waals surface area contributed by atoms with Crippen LogP contribution in [-0.2, 0) is 10.2 Å². The van der Waals surface area contributed by atoms with Gasteiger partial charge in [0.15, 0.2) is 5.96 Å². The normalized spacial score (nSPS) is 17.5. The zero-order chi connectivity index (χ0) is 18.8. The van der Waals surface area contributed by atoms with Crippen LogP contribution in [0.5, 0.6) is 0 Å². The van der Waals surface area contributed by atoms with Crippen molar-refractivity contribution in [2.75, 3.05) is 53.0 Å². The standard InChI is InChI=1S/C20H36N4OS/c1-5-21-19(23-16-20(2,3)18-7-6-14-26-18)22-15-17-8-10-24(11-9-17)12-13-25-4/h6-7,14,17H,5,8-13,15-16H2,1-4H3,(H2,21,22,23). The van der Waals surface area contributed by atoms with Gasteiger partial charge in [-0.25, -0.2) is 0 Å². The van der Waals surface area contributed by atoms with Gasteiger partial charge in [-0.1, -0.05) is 19.9 Å². The van der Waals surface area contributed by atoms with Crippen LogP contribution in [0.1, 0.15) is 38.5 Å². The van der Waals surface area contributed by atoms with Gasteiger partial charge >= 0.3 is 0 Å². The van der Waals surface area contributed by atoms with Crippen LogP contribution in [-0.4, -0.2) is 63.8 Å². The third-order valence-electron chi connectivity index (χ3n) is 5.04. The molecule has 5 nitrogen and oxygen atoms in total. The zero-order valence-electron chi connectivity index (χ0n) is 16.9. The topological polar surface area (TPSA) is 48.9 Å². The molecule has 1 aromatic rings. The Morgan fingerprint density at radius 3 is 2.73 bits per heavy atom. The molecule has 0 saturated carbocycles. The second-order valence-corrected chi connectivity index (χ2v) is 8.66. The van der Waals surface area contributed by atoms with Gasteiger partial charge in [-0.05, 0) is 50.2 Å². The molecular formula is C20H36N4OS. The molecule has 0 radical (unpaired) electrons. The molecule has 0 aliphatic carbocycles. The van der Waals surface area contributed by atoms with Gasteiger partial charge in [-0.2, -0.15) is 0 Å². The summed E-state index contributed by atoms with van der Waals surface area (Å²) >= 11 is 1.81. The number of hydrogen-bond donors (Lipinski definition) is 2. The third kappa shape index (κ3) is 6.89. The number of hydrogen-bond acceptors (Lipinski definition) is 4. The number of aliphatic imine (C=N–C) groups is 1. The lowest BCUT2D eigenvalue weighted by atomic mass is 9.92. The summed E-state index contributed by atoms with van der Waals surface area (Å²) in [5, 5.41) is 9.10. The summed E-state index contributed by atoms with van der Waals surface area (Å²) in [6, 6.07) is 4.33. The van der Waals surface area contributed by atoms with Crippen molar-refractivity contribution >= 4 is 17.3 Å². The van der Waals surface area contributed by atoms with Gasteiger partial charge in [0.1, 0.15) is 0 Å². The van der Waals surface area contributed by atoms with E-state index >= 15 is 0 Å². The molecule has 1 aliphatic heterocycles. The number of nitrogens with one attached hydrogen (secondary N) is 2. The summed E-state index contributed by atoms with van der Waals surface area (Å²) in [6.45, 7) is 13.6. The van der Waals surface area contributed by atoms with Crippen molar-refractivity contribution in [2.24, 2.45) is 10.9 Å². The Morgan fingerprint density at radius 1 is 1.35 bits per heavy atom. The smallest absolute Gasteiger partial charge is 0.191 e. The quantitative estimate of drug-likeness (QED) is 0.511. The van der Waals surface area contributed by atoms with Crippen LogP contribution in [0.25, 0.3) is 0 Å². The molecule has 0 aromatic carbocycles. The largest absolute Gasteiger partial charge is 0.383 e. The monoisotopic (exact) mass is 380 g/mol. The van der Waals surface area contributed by atoms with Crippen LogP contribution < -0.4 is 10.6 Å². The fourth-order valence-corrected chi connectivity index (χ4v) is 4.08. The Hall–Kier alpha value is -1.11. The van der Waals surface area contributed by atoms with Crippen molar-refractivity contribution in [3.8, 4) is 0 Å². The van der Waals surface area contributed by atoms with Crippen molar-refractivity contribution in [3.63, 3.8) is 0 Å². The average molecular weight is 381 g/mol. The number of piperidine rings is 1. The summed E-state index contributed by atoms with van der Waals surface area (Å²) in [7, 11) is 1.78. The number of rotatable bonds is 9. The molecule has 2 N–H and O–H groups in total. The predicted octanol–water partition coefficient (Wildman–Crippen LogP) is 2.94. The minimum absolute atomic E-state index is 0.0726. The van der Waals surface area contributed by atoms with Crippen molar-refractivity contribution in [2.45, 2.75) is 39.0 Å². The summed E-state index contributed by atoms with van der Waals surface area (Å²) in [5.74, 6) is 1.67. The average Bonchev–Trinajstić information content (AvgIpc) is 3.19. The van der Waals surface area contributed by atoms with Gasteiger partial charge in [0, 0.05) is 37.0 Å². The molecule has 148 valence electrons. The Labute approximate surface area is 163 Å². The SMILES string of the molecule is CCNC(=NCC(C)(C)c1cccs1)NCC1CCN(CCOC)CC1. The fourth-order valence-electron chi connectivity index (χ4n) is 3.24. The maximum Gasteiger partial charge on any atom is 0.191 e. The molecule has 1 aromatic heterocycles. The van der Waals surface area contributed by atoms with E-state index in [9.17, 15) is 0 Å². The molecule has 2 rings (SSSR count). The highest BCUT2D eigenvalue weighted by atomic mass is 32.1. The number of likely N-dealkylation sites (tertiary alicyclic amines) is 1. The Balaban J connectivity index is 1.79. The van der Waals surface area contributed by atoms with Crippen LogP contribution in [0.4, 0.5) is 0 Å². The van der Waals surface area contributed by atoms with Crippen LogP contribution in [0.3, 0.4) is 0 Å². The van der Waals surface area contributed by atoms with Crippen molar-refractivity contribution < 1.29 is 4.74 Å². The number of nitrogens with zero attached hydrogens (tertiary/aromatic N) is 2. The molecule has 6 heteroatoms. The molecular weight excluding hydrogens is 344 g/mol. The van der Waals surface area contributed by atoms with E-state index in [0.717, 1.165) is 44.7 Å². The fraction of sp³-hybridized carbons (Fsp3) is 0.750. The van der Waals surface area contributed by atoms with Crippen LogP contribution in [0.2, 0.25) is 0 Å². The van der Waals surface area contributed by atoms with E-state index in [1.165, 1.54) is 30.8 Å². The van der Waals surface area contributed by atoms with E-state index in [2.05, 4.69) is 53.8 Å². The van der Waals surface area contributed by atoms with Gasteiger partial charge < -0.3 is 20.3 Å². The molecule has 1 saturated heterocycles. The van der Waals surface area contributed by atoms with Crippen molar-refractivity contribution in [1.29, 1.82) is 0 Å². The minimum Gasteiger partial charge on any atom is -0.383 e. The molecule has 1 fully saturated rings. The Kier molecular flexibility index (Phi) is 8.88. The van der Waals surface area contributed by atoms with Crippen molar-refractivity contribution in [1.82, 2.24) is 15.5 Å². The second kappa shape index (κ2) is 10.9. The third-order valence-corrected chi connectivity index (χ3v) is 6.28. The van der Waals surface area contributed by atoms with E-state index in [-0.39, 0.29) is 5.41 Å². The lowest BCUT2D eigenvalue weighted by molar-refractivity contribution is 0.121. The number of guanidine groups is 1. The van der Waals surface area contributed by atoms with E-state index in [0.29, 0.717) is 0 Å². The minimum atomic E-state index is 0.0726. The van der Waals surface area contributed by atoms with E-state index in [1.807, 2.05) is 11.3 Å². The molecule has 2 heterocycles. The van der Waals surface area contributed by atoms with E-state index < -0.39 is 0 Å². The first kappa shape index (κ1) is 21.2. The summed E-state index contributed by atoms with van der Waals surface area (Å²) in [5.41, 5.74) is 0.0726. The van der Waals surface area contributed by atoms with Crippen LogP contribution >= 0.6 is 11.3 Å². The summed E-state index contributed by atoms with van der Waals surface area (Å²) in [6.07, 6.45) is 2.49. The Morgan fingerprint density at radius 2 is 2.12 bits per heavy atom. The molecule has 0 unspecified atom stereocenters. The number of methoxy groups -OCH3 is 1. The lowest BCUT2D eigenvalue weighted by Crippen LogP contribution is -2.43. The molecule has 0 amide bonds. The first-order chi connectivity index (χ1) is 12.5.